The monoisotopic (exact) mass is 498 g/mol. The van der Waals surface area contributed by atoms with Crippen molar-refractivity contribution >= 4 is 36.0 Å². The van der Waals surface area contributed by atoms with Gasteiger partial charge in [-0.05, 0) is 47.6 Å². The first-order valence-corrected chi connectivity index (χ1v) is 12.0. The lowest BCUT2D eigenvalue weighted by molar-refractivity contribution is -0.157. The van der Waals surface area contributed by atoms with Crippen molar-refractivity contribution in [3.8, 4) is 0 Å². The van der Waals surface area contributed by atoms with Crippen LogP contribution in [0, 0.1) is 33.5 Å². The summed E-state index contributed by atoms with van der Waals surface area (Å²) in [5.41, 5.74) is -3.12. The highest BCUT2D eigenvalue weighted by molar-refractivity contribution is 5.84. The summed E-state index contributed by atoms with van der Waals surface area (Å²) in [4.78, 5) is 47.8. The Morgan fingerprint density at radius 3 is 1.19 bits per heavy atom. The molecule has 8 nitrogen and oxygen atoms in total. The maximum absolute atomic E-state index is 12.3. The van der Waals surface area contributed by atoms with Gasteiger partial charge in [-0.1, -0.05) is 76.3 Å². The van der Waals surface area contributed by atoms with Crippen LogP contribution in [0.25, 0.3) is 12.2 Å². The van der Waals surface area contributed by atoms with Crippen molar-refractivity contribution < 1.29 is 39.6 Å². The molecule has 0 aliphatic heterocycles. The van der Waals surface area contributed by atoms with Crippen molar-refractivity contribution in [3.05, 3.63) is 47.5 Å². The van der Waals surface area contributed by atoms with E-state index in [0.717, 1.165) is 11.1 Å². The number of carboxylic acids is 4. The molecule has 0 aromatic heterocycles. The van der Waals surface area contributed by atoms with Crippen LogP contribution < -0.4 is 0 Å². The summed E-state index contributed by atoms with van der Waals surface area (Å²) < 4.78 is 0. The van der Waals surface area contributed by atoms with E-state index < -0.39 is 57.4 Å². The highest BCUT2D eigenvalue weighted by Gasteiger charge is 2.61. The second-order valence-electron chi connectivity index (χ2n) is 11.2. The van der Waals surface area contributed by atoms with E-state index in [0.29, 0.717) is 0 Å². The minimum absolute atomic E-state index is 0.230. The van der Waals surface area contributed by atoms with Gasteiger partial charge in [-0.2, -0.15) is 0 Å². The topological polar surface area (TPSA) is 149 Å². The molecule has 0 heterocycles. The highest BCUT2D eigenvalue weighted by atomic mass is 16.4. The zero-order valence-electron chi connectivity index (χ0n) is 21.0. The minimum atomic E-state index is -1.31. The first-order valence-electron chi connectivity index (χ1n) is 12.0. The average Bonchev–Trinajstić information content (AvgIpc) is 3.21. The zero-order chi connectivity index (χ0) is 27.1. The Balaban J connectivity index is 1.85. The van der Waals surface area contributed by atoms with Crippen LogP contribution in [0.4, 0.5) is 0 Å². The number of carboxylic acid groups (broad SMARTS) is 4. The van der Waals surface area contributed by atoms with Crippen molar-refractivity contribution in [3.63, 3.8) is 0 Å². The highest BCUT2D eigenvalue weighted by Crippen LogP contribution is 2.58. The molecular weight excluding hydrogens is 464 g/mol. The molecule has 8 heteroatoms. The van der Waals surface area contributed by atoms with E-state index in [1.807, 2.05) is 0 Å². The van der Waals surface area contributed by atoms with Crippen LogP contribution in [-0.4, -0.2) is 44.3 Å². The summed E-state index contributed by atoms with van der Waals surface area (Å²) in [6.07, 6.45) is 7.58. The first-order chi connectivity index (χ1) is 16.6. The Hall–Kier alpha value is -3.42. The van der Waals surface area contributed by atoms with E-state index in [4.69, 9.17) is 0 Å². The van der Waals surface area contributed by atoms with E-state index in [2.05, 4.69) is 0 Å². The van der Waals surface area contributed by atoms with E-state index >= 15 is 0 Å². The van der Waals surface area contributed by atoms with Gasteiger partial charge in [0.15, 0.2) is 0 Å². The van der Waals surface area contributed by atoms with Crippen molar-refractivity contribution in [2.24, 2.45) is 33.5 Å². The fourth-order valence-corrected chi connectivity index (χ4v) is 6.30. The number of hydrogen-bond acceptors (Lipinski definition) is 4. The Bertz CT molecular complexity index is 1040. The second kappa shape index (κ2) is 9.22. The van der Waals surface area contributed by atoms with Gasteiger partial charge in [0.05, 0.1) is 22.7 Å². The Morgan fingerprint density at radius 1 is 0.667 bits per heavy atom. The number of benzene rings is 1. The van der Waals surface area contributed by atoms with Crippen LogP contribution in [0.2, 0.25) is 0 Å². The summed E-state index contributed by atoms with van der Waals surface area (Å²) in [5.74, 6) is -5.60. The maximum atomic E-state index is 12.3. The van der Waals surface area contributed by atoms with Gasteiger partial charge in [0, 0.05) is 0 Å². The number of hydrogen-bond donors (Lipinski definition) is 4. The van der Waals surface area contributed by atoms with Gasteiger partial charge in [-0.3, -0.25) is 19.2 Å². The minimum Gasteiger partial charge on any atom is -0.481 e. The predicted octanol–water partition coefficient (Wildman–Crippen LogP) is 4.90. The van der Waals surface area contributed by atoms with Gasteiger partial charge in [-0.15, -0.1) is 0 Å². The average molecular weight is 499 g/mol. The molecule has 4 atom stereocenters. The van der Waals surface area contributed by atoms with Crippen LogP contribution in [-0.2, 0) is 19.2 Å². The van der Waals surface area contributed by atoms with Gasteiger partial charge in [-0.25, -0.2) is 0 Å². The third-order valence-electron chi connectivity index (χ3n) is 9.11. The van der Waals surface area contributed by atoms with Crippen LogP contribution in [0.5, 0.6) is 0 Å². The van der Waals surface area contributed by atoms with Gasteiger partial charge in [0.1, 0.15) is 0 Å². The molecule has 0 saturated heterocycles. The zero-order valence-corrected chi connectivity index (χ0v) is 21.0. The second-order valence-corrected chi connectivity index (χ2v) is 11.2. The lowest BCUT2D eigenvalue weighted by atomic mass is 9.64. The van der Waals surface area contributed by atoms with Crippen LogP contribution in [0.1, 0.15) is 64.5 Å². The molecule has 0 radical (unpaired) electrons. The SMILES string of the molecule is CC1(C)C(C(=O)O)CCC1(C=Cc1ccc(C=CC2(C(=O)O)CCC(C(=O)O)C2(C)C)cc1)C(=O)O. The molecule has 1 aromatic carbocycles. The molecule has 0 amide bonds. The van der Waals surface area contributed by atoms with Gasteiger partial charge in [0.25, 0.3) is 0 Å². The summed E-state index contributed by atoms with van der Waals surface area (Å²) in [6.45, 7) is 6.73. The Kier molecular flexibility index (Phi) is 6.96. The van der Waals surface area contributed by atoms with Crippen molar-refractivity contribution in [2.75, 3.05) is 0 Å². The fourth-order valence-electron chi connectivity index (χ4n) is 6.30. The summed E-state index contributed by atoms with van der Waals surface area (Å²) >= 11 is 0. The molecule has 0 bridgehead atoms. The maximum Gasteiger partial charge on any atom is 0.314 e. The third-order valence-corrected chi connectivity index (χ3v) is 9.11. The Labute approximate surface area is 210 Å². The summed E-state index contributed by atoms with van der Waals surface area (Å²) in [7, 11) is 0. The molecule has 194 valence electrons. The fraction of sp³-hybridized carbons (Fsp3) is 0.500. The van der Waals surface area contributed by atoms with Crippen molar-refractivity contribution in [2.45, 2.75) is 53.4 Å². The first kappa shape index (κ1) is 27.2. The lowest BCUT2D eigenvalue weighted by Gasteiger charge is -2.37. The van der Waals surface area contributed by atoms with Crippen LogP contribution >= 0.6 is 0 Å². The summed E-state index contributed by atoms with van der Waals surface area (Å²) in [5, 5.41) is 39.1. The standard InChI is InChI=1S/C28H34O8/c1-25(2)19(21(29)30)11-15-27(25,23(33)34)13-9-17-5-7-18(8-6-17)10-14-28(24(35)36)16-12-20(22(31)32)26(28,3)4/h5-10,13-14,19-20H,11-12,15-16H2,1-4H3,(H,29,30)(H,31,32)(H,33,34)(H,35,36). The quantitative estimate of drug-likeness (QED) is 0.395. The lowest BCUT2D eigenvalue weighted by Crippen LogP contribution is -2.43. The normalized spacial score (nSPS) is 31.1. The van der Waals surface area contributed by atoms with E-state index in [-0.39, 0.29) is 25.7 Å². The van der Waals surface area contributed by atoms with E-state index in [1.165, 1.54) is 0 Å². The van der Waals surface area contributed by atoms with Crippen LogP contribution in [0.15, 0.2) is 36.4 Å². The van der Waals surface area contributed by atoms with Crippen molar-refractivity contribution in [1.82, 2.24) is 0 Å². The van der Waals surface area contributed by atoms with Gasteiger partial charge >= 0.3 is 23.9 Å². The molecule has 3 rings (SSSR count). The number of aliphatic carboxylic acids is 4. The molecule has 0 spiro atoms. The van der Waals surface area contributed by atoms with Crippen LogP contribution in [0.3, 0.4) is 0 Å². The molecule has 1 aromatic rings. The third kappa shape index (κ3) is 4.12. The Morgan fingerprint density at radius 2 is 0.972 bits per heavy atom. The molecule has 2 aliphatic rings. The number of carbonyl (C=O) groups is 4. The smallest absolute Gasteiger partial charge is 0.314 e. The van der Waals surface area contributed by atoms with Gasteiger partial charge in [0.2, 0.25) is 0 Å². The molecule has 2 aliphatic carbocycles. The molecule has 2 saturated carbocycles. The molecule has 2 fully saturated rings. The summed E-state index contributed by atoms with van der Waals surface area (Å²) in [6, 6.07) is 7.09. The van der Waals surface area contributed by atoms with Crippen molar-refractivity contribution in [1.29, 1.82) is 0 Å². The molecule has 4 unspecified atom stereocenters. The van der Waals surface area contributed by atoms with Gasteiger partial charge < -0.3 is 20.4 Å². The number of rotatable bonds is 8. The van der Waals surface area contributed by atoms with E-state index in [9.17, 15) is 39.6 Å². The molecule has 36 heavy (non-hydrogen) atoms. The largest absolute Gasteiger partial charge is 0.481 e. The predicted molar refractivity (Wildman–Crippen MR) is 133 cm³/mol. The van der Waals surface area contributed by atoms with E-state index in [1.54, 1.807) is 76.3 Å². The molecule has 4 N–H and O–H groups in total. The molecular formula is C28H34O8.